The fourth-order valence-electron chi connectivity index (χ4n) is 2.79. The molecule has 1 nitrogen and oxygen atoms in total. The number of hydrogen-bond donors (Lipinski definition) is 1. The molecule has 0 fully saturated rings. The van der Waals surface area contributed by atoms with Crippen LogP contribution >= 0.6 is 27.3 Å². The summed E-state index contributed by atoms with van der Waals surface area (Å²) in [4.78, 5) is 1.14. The van der Waals surface area contributed by atoms with Crippen LogP contribution < -0.4 is 0 Å². The lowest BCUT2D eigenvalue weighted by molar-refractivity contribution is 0.0254. The molecule has 0 radical (unpaired) electrons. The normalized spacial score (nSPS) is 22.8. The summed E-state index contributed by atoms with van der Waals surface area (Å²) < 4.78 is 1.12. The summed E-state index contributed by atoms with van der Waals surface area (Å²) in [5.41, 5.74) is 3.19. The lowest BCUT2D eigenvalue weighted by atomic mass is 9.79. The van der Waals surface area contributed by atoms with Crippen molar-refractivity contribution in [2.24, 2.45) is 0 Å². The molecule has 1 heterocycles. The molecule has 0 aliphatic heterocycles. The van der Waals surface area contributed by atoms with Gasteiger partial charge in [0.05, 0.1) is 0 Å². The zero-order valence-corrected chi connectivity index (χ0v) is 12.6. The molecular formula is C15H15BrOS. The van der Waals surface area contributed by atoms with Crippen LogP contribution in [0.5, 0.6) is 0 Å². The van der Waals surface area contributed by atoms with Gasteiger partial charge >= 0.3 is 0 Å². The molecule has 3 rings (SSSR count). The summed E-state index contributed by atoms with van der Waals surface area (Å²) in [7, 11) is 0. The number of hydrogen-bond acceptors (Lipinski definition) is 2. The molecule has 0 saturated carbocycles. The van der Waals surface area contributed by atoms with Gasteiger partial charge in [0.25, 0.3) is 0 Å². The SMILES string of the molecule is Cc1ccsc1C1(O)CCc2cc(Br)ccc2C1. The molecular weight excluding hydrogens is 308 g/mol. The molecule has 2 aromatic rings. The number of thiophene rings is 1. The summed E-state index contributed by atoms with van der Waals surface area (Å²) in [6.07, 6.45) is 2.50. The molecule has 0 amide bonds. The molecule has 1 aromatic carbocycles. The van der Waals surface area contributed by atoms with E-state index in [4.69, 9.17) is 0 Å². The van der Waals surface area contributed by atoms with Crippen LogP contribution in [0.2, 0.25) is 0 Å². The van der Waals surface area contributed by atoms with Crippen LogP contribution in [0.1, 0.15) is 28.0 Å². The van der Waals surface area contributed by atoms with E-state index in [2.05, 4.69) is 52.5 Å². The largest absolute Gasteiger partial charge is 0.384 e. The van der Waals surface area contributed by atoms with Gasteiger partial charge in [-0.2, -0.15) is 0 Å². The first-order chi connectivity index (χ1) is 8.58. The molecule has 1 unspecified atom stereocenters. The first-order valence-electron chi connectivity index (χ1n) is 6.13. The Morgan fingerprint density at radius 2 is 2.11 bits per heavy atom. The first kappa shape index (κ1) is 12.4. The lowest BCUT2D eigenvalue weighted by Crippen LogP contribution is -2.32. The number of halogens is 1. The second-order valence-electron chi connectivity index (χ2n) is 5.05. The molecule has 0 spiro atoms. The maximum absolute atomic E-state index is 10.9. The van der Waals surface area contributed by atoms with Gasteiger partial charge in [0.15, 0.2) is 0 Å². The predicted octanol–water partition coefficient (Wildman–Crippen LogP) is 4.20. The van der Waals surface area contributed by atoms with Crippen molar-refractivity contribution in [3.05, 3.63) is 55.7 Å². The van der Waals surface area contributed by atoms with Gasteiger partial charge in [-0.25, -0.2) is 0 Å². The third-order valence-corrected chi connectivity index (χ3v) is 5.45. The second-order valence-corrected chi connectivity index (χ2v) is 6.89. The van der Waals surface area contributed by atoms with E-state index >= 15 is 0 Å². The molecule has 1 aliphatic carbocycles. The number of aliphatic hydroxyl groups is 1. The van der Waals surface area contributed by atoms with Crippen LogP contribution in [0.15, 0.2) is 34.1 Å². The van der Waals surface area contributed by atoms with Crippen LogP contribution in [-0.4, -0.2) is 5.11 Å². The van der Waals surface area contributed by atoms with Crippen LogP contribution in [0, 0.1) is 6.92 Å². The summed E-state index contributed by atoms with van der Waals surface area (Å²) >= 11 is 5.18. The average molecular weight is 323 g/mol. The van der Waals surface area contributed by atoms with Crippen molar-refractivity contribution in [2.45, 2.75) is 31.8 Å². The Hall–Kier alpha value is -0.640. The van der Waals surface area contributed by atoms with Crippen molar-refractivity contribution in [1.82, 2.24) is 0 Å². The van der Waals surface area contributed by atoms with Crippen molar-refractivity contribution >= 4 is 27.3 Å². The van der Waals surface area contributed by atoms with Gasteiger partial charge in [-0.1, -0.05) is 22.0 Å². The highest BCUT2D eigenvalue weighted by molar-refractivity contribution is 9.10. The molecule has 1 N–H and O–H groups in total. The smallest absolute Gasteiger partial charge is 0.103 e. The Morgan fingerprint density at radius 3 is 2.83 bits per heavy atom. The van der Waals surface area contributed by atoms with Gasteiger partial charge in [-0.15, -0.1) is 11.3 Å². The van der Waals surface area contributed by atoms with E-state index < -0.39 is 5.60 Å². The van der Waals surface area contributed by atoms with E-state index in [1.165, 1.54) is 16.7 Å². The summed E-state index contributed by atoms with van der Waals surface area (Å²) in [6, 6.07) is 8.46. The number of rotatable bonds is 1. The highest BCUT2D eigenvalue weighted by Crippen LogP contribution is 2.40. The zero-order chi connectivity index (χ0) is 12.8. The molecule has 18 heavy (non-hydrogen) atoms. The number of benzene rings is 1. The molecule has 1 aromatic heterocycles. The Labute approximate surface area is 120 Å². The van der Waals surface area contributed by atoms with Crippen LogP contribution in [0.25, 0.3) is 0 Å². The predicted molar refractivity (Wildman–Crippen MR) is 79.1 cm³/mol. The van der Waals surface area contributed by atoms with E-state index in [9.17, 15) is 5.11 Å². The van der Waals surface area contributed by atoms with Gasteiger partial charge in [0.1, 0.15) is 5.60 Å². The third-order valence-electron chi connectivity index (χ3n) is 3.74. The molecule has 1 aliphatic rings. The van der Waals surface area contributed by atoms with Crippen molar-refractivity contribution in [2.75, 3.05) is 0 Å². The molecule has 0 saturated heterocycles. The summed E-state index contributed by atoms with van der Waals surface area (Å²) in [6.45, 7) is 2.08. The second kappa shape index (κ2) is 4.48. The van der Waals surface area contributed by atoms with Crippen molar-refractivity contribution < 1.29 is 5.11 Å². The third kappa shape index (κ3) is 2.04. The number of fused-ring (bicyclic) bond motifs is 1. The molecule has 1 atom stereocenters. The van der Waals surface area contributed by atoms with Crippen molar-refractivity contribution in [1.29, 1.82) is 0 Å². The summed E-state index contributed by atoms with van der Waals surface area (Å²) in [5.74, 6) is 0. The monoisotopic (exact) mass is 322 g/mol. The Bertz CT molecular complexity index is 590. The van der Waals surface area contributed by atoms with E-state index in [1.54, 1.807) is 11.3 Å². The maximum atomic E-state index is 10.9. The topological polar surface area (TPSA) is 20.2 Å². The minimum Gasteiger partial charge on any atom is -0.384 e. The average Bonchev–Trinajstić information content (AvgIpc) is 2.77. The van der Waals surface area contributed by atoms with Gasteiger partial charge < -0.3 is 5.11 Å². The van der Waals surface area contributed by atoms with E-state index in [0.717, 1.165) is 28.6 Å². The highest BCUT2D eigenvalue weighted by Gasteiger charge is 2.35. The minimum absolute atomic E-state index is 0.668. The highest BCUT2D eigenvalue weighted by atomic mass is 79.9. The van der Waals surface area contributed by atoms with E-state index in [0.29, 0.717) is 0 Å². The first-order valence-corrected chi connectivity index (χ1v) is 7.80. The van der Waals surface area contributed by atoms with Gasteiger partial charge in [-0.05, 0) is 60.0 Å². The van der Waals surface area contributed by atoms with Gasteiger partial charge in [0, 0.05) is 15.8 Å². The zero-order valence-electron chi connectivity index (χ0n) is 10.2. The van der Waals surface area contributed by atoms with Crippen molar-refractivity contribution in [3.63, 3.8) is 0 Å². The summed E-state index contributed by atoms with van der Waals surface area (Å²) in [5, 5.41) is 13.0. The molecule has 0 bridgehead atoms. The van der Waals surface area contributed by atoms with Gasteiger partial charge in [0.2, 0.25) is 0 Å². The minimum atomic E-state index is -0.668. The van der Waals surface area contributed by atoms with E-state index in [-0.39, 0.29) is 0 Å². The van der Waals surface area contributed by atoms with Gasteiger partial charge in [-0.3, -0.25) is 0 Å². The standard InChI is InChI=1S/C15H15BrOS/c1-10-5-7-18-14(10)15(17)6-4-11-8-13(16)3-2-12(11)9-15/h2-3,5,7-8,17H,4,6,9H2,1H3. The fourth-order valence-corrected chi connectivity index (χ4v) is 4.25. The van der Waals surface area contributed by atoms with Crippen LogP contribution in [0.3, 0.4) is 0 Å². The quantitative estimate of drug-likeness (QED) is 0.834. The Balaban J connectivity index is 1.99. The van der Waals surface area contributed by atoms with Crippen molar-refractivity contribution in [3.8, 4) is 0 Å². The molecule has 94 valence electrons. The lowest BCUT2D eigenvalue weighted by Gasteiger charge is -2.33. The number of aryl methyl sites for hydroxylation is 2. The maximum Gasteiger partial charge on any atom is 0.103 e. The fraction of sp³-hybridized carbons (Fsp3) is 0.333. The van der Waals surface area contributed by atoms with Crippen LogP contribution in [0.4, 0.5) is 0 Å². The Morgan fingerprint density at radius 1 is 1.28 bits per heavy atom. The Kier molecular flexibility index (Phi) is 3.08. The van der Waals surface area contributed by atoms with E-state index in [1.807, 2.05) is 0 Å². The molecule has 3 heteroatoms. The van der Waals surface area contributed by atoms with Crippen LogP contribution in [-0.2, 0) is 18.4 Å².